The van der Waals surface area contributed by atoms with Gasteiger partial charge in [0.15, 0.2) is 5.75 Å². The van der Waals surface area contributed by atoms with Crippen LogP contribution in [0.15, 0.2) is 82.3 Å². The lowest BCUT2D eigenvalue weighted by molar-refractivity contribution is 0.102. The monoisotopic (exact) mass is 540 g/mol. The number of carbonyl (C=O) groups is 1. The zero-order valence-electron chi connectivity index (χ0n) is 18.3. The van der Waals surface area contributed by atoms with Crippen molar-refractivity contribution in [3.63, 3.8) is 0 Å². The molecule has 0 aliphatic heterocycles. The third kappa shape index (κ3) is 5.36. The Morgan fingerprint density at radius 2 is 1.71 bits per heavy atom. The predicted molar refractivity (Wildman–Crippen MR) is 136 cm³/mol. The van der Waals surface area contributed by atoms with Crippen molar-refractivity contribution in [2.75, 3.05) is 24.3 Å². The van der Waals surface area contributed by atoms with Crippen molar-refractivity contribution >= 4 is 44.6 Å². The average molecular weight is 541 g/mol. The van der Waals surface area contributed by atoms with Gasteiger partial charge in [-0.2, -0.15) is 0 Å². The summed E-state index contributed by atoms with van der Waals surface area (Å²) < 4.78 is 27.5. The van der Waals surface area contributed by atoms with E-state index >= 15 is 0 Å². The number of rotatable bonds is 8. The number of aromatic amines is 1. The molecule has 0 bridgehead atoms. The maximum absolute atomic E-state index is 13.0. The standard InChI is InChI=1S/C24H21BrN4O4S/c1-32-20-6-4-3-5-18(20)23-26-14-19(28-23)24(30)27-17-11-12-21(33-2)22(13-17)34(31)29-16-9-7-15(25)8-10-16/h3-14,29H,1-2H3,(H,26,28)(H,27,30). The van der Waals surface area contributed by atoms with Crippen LogP contribution in [0.1, 0.15) is 10.5 Å². The molecule has 0 saturated heterocycles. The quantitative estimate of drug-likeness (QED) is 0.263. The zero-order chi connectivity index (χ0) is 24.1. The second kappa shape index (κ2) is 10.6. The van der Waals surface area contributed by atoms with Gasteiger partial charge < -0.3 is 24.3 Å². The molecule has 1 aromatic heterocycles. The predicted octanol–water partition coefficient (Wildman–Crippen LogP) is 5.24. The number of nitrogens with zero attached hydrogens (tertiary/aromatic N) is 1. The Hall–Kier alpha value is -3.47. The summed E-state index contributed by atoms with van der Waals surface area (Å²) in [6.45, 7) is 0. The topological polar surface area (TPSA) is 111 Å². The number of halogens is 1. The van der Waals surface area contributed by atoms with Gasteiger partial charge in [0.25, 0.3) is 5.91 Å². The van der Waals surface area contributed by atoms with Gasteiger partial charge in [-0.25, -0.2) is 9.71 Å². The number of ether oxygens (including phenoxy) is 2. The van der Waals surface area contributed by atoms with Gasteiger partial charge in [0, 0.05) is 22.4 Å². The van der Waals surface area contributed by atoms with Crippen LogP contribution in [0.2, 0.25) is 0 Å². The molecule has 0 aliphatic carbocycles. The van der Waals surface area contributed by atoms with Crippen molar-refractivity contribution in [3.05, 3.63) is 83.1 Å². The first-order chi connectivity index (χ1) is 16.5. The number of nitrogens with one attached hydrogen (secondary N) is 3. The van der Waals surface area contributed by atoms with Crippen LogP contribution in [-0.2, 0) is 11.4 Å². The van der Waals surface area contributed by atoms with Gasteiger partial charge in [-0.1, -0.05) is 28.1 Å². The number of amides is 1. The number of H-pyrrole nitrogens is 1. The average Bonchev–Trinajstić information content (AvgIpc) is 3.36. The second-order valence-electron chi connectivity index (χ2n) is 7.03. The van der Waals surface area contributed by atoms with E-state index in [-0.39, 0.29) is 5.69 Å². The van der Waals surface area contributed by atoms with Gasteiger partial charge in [0.2, 0.25) is 4.90 Å². The van der Waals surface area contributed by atoms with Gasteiger partial charge in [-0.05, 0) is 48.5 Å². The van der Waals surface area contributed by atoms with E-state index in [1.807, 2.05) is 36.4 Å². The summed E-state index contributed by atoms with van der Waals surface area (Å²) in [7, 11) is 3.07. The summed E-state index contributed by atoms with van der Waals surface area (Å²) in [5, 5.41) is 2.79. The van der Waals surface area contributed by atoms with E-state index in [4.69, 9.17) is 9.47 Å². The molecule has 8 nitrogen and oxygen atoms in total. The molecule has 4 aromatic rings. The van der Waals surface area contributed by atoms with Crippen LogP contribution in [0.5, 0.6) is 11.5 Å². The van der Waals surface area contributed by atoms with E-state index < -0.39 is 17.3 Å². The second-order valence-corrected chi connectivity index (χ2v) is 9.13. The third-order valence-electron chi connectivity index (χ3n) is 4.85. The van der Waals surface area contributed by atoms with E-state index in [1.165, 1.54) is 13.3 Å². The van der Waals surface area contributed by atoms with Gasteiger partial charge in [-0.3, -0.25) is 4.79 Å². The molecule has 4 rings (SSSR count). The number of hydrogen-bond acceptors (Lipinski definition) is 6. The number of benzene rings is 3. The van der Waals surface area contributed by atoms with Crippen LogP contribution in [0, 0.1) is 0 Å². The van der Waals surface area contributed by atoms with Gasteiger partial charge in [-0.15, -0.1) is 0 Å². The molecule has 1 heterocycles. The minimum Gasteiger partial charge on any atom is -0.588 e. The van der Waals surface area contributed by atoms with E-state index in [1.54, 1.807) is 37.4 Å². The summed E-state index contributed by atoms with van der Waals surface area (Å²) >= 11 is 1.75. The molecule has 174 valence electrons. The molecule has 1 unspecified atom stereocenters. The maximum atomic E-state index is 13.0. The minimum absolute atomic E-state index is 0.201. The Bertz CT molecular complexity index is 1300. The van der Waals surface area contributed by atoms with Crippen LogP contribution in [0.25, 0.3) is 11.4 Å². The van der Waals surface area contributed by atoms with Crippen molar-refractivity contribution in [3.8, 4) is 22.9 Å². The van der Waals surface area contributed by atoms with Crippen molar-refractivity contribution in [1.29, 1.82) is 0 Å². The van der Waals surface area contributed by atoms with Gasteiger partial charge in [0.1, 0.15) is 28.6 Å². The number of carbonyl (C=O) groups excluding carboxylic acids is 1. The molecular formula is C24H21BrN4O4S. The molecule has 3 aromatic carbocycles. The first-order valence-corrected chi connectivity index (χ1v) is 12.0. The lowest BCUT2D eigenvalue weighted by atomic mass is 10.2. The van der Waals surface area contributed by atoms with E-state index in [9.17, 15) is 9.35 Å². The Kier molecular flexibility index (Phi) is 7.41. The normalized spacial score (nSPS) is 11.5. The molecular weight excluding hydrogens is 520 g/mol. The van der Waals surface area contributed by atoms with E-state index in [0.29, 0.717) is 33.6 Å². The number of imidazole rings is 1. The fraction of sp³-hybridized carbons (Fsp3) is 0.0833. The SMILES string of the molecule is COc1ccccc1-c1nc(C(=O)Nc2ccc(OC)c([S+]([O-])Nc3ccc(Br)cc3)c2)c[nH]1. The highest BCUT2D eigenvalue weighted by molar-refractivity contribution is 9.10. The molecule has 0 spiro atoms. The summed E-state index contributed by atoms with van der Waals surface area (Å²) in [6.07, 6.45) is 1.52. The minimum atomic E-state index is -1.62. The lowest BCUT2D eigenvalue weighted by Crippen LogP contribution is -2.16. The molecule has 10 heteroatoms. The smallest absolute Gasteiger partial charge is 0.275 e. The number of methoxy groups -OCH3 is 2. The number of anilines is 2. The Balaban J connectivity index is 1.52. The Labute approximate surface area is 208 Å². The van der Waals surface area contributed by atoms with Crippen LogP contribution < -0.4 is 19.5 Å². The largest absolute Gasteiger partial charge is 0.588 e. The van der Waals surface area contributed by atoms with Crippen molar-refractivity contribution in [2.45, 2.75) is 4.90 Å². The molecule has 34 heavy (non-hydrogen) atoms. The molecule has 0 fully saturated rings. The number of aromatic nitrogens is 2. The molecule has 0 radical (unpaired) electrons. The third-order valence-corrected chi connectivity index (χ3v) is 6.52. The highest BCUT2D eigenvalue weighted by atomic mass is 79.9. The highest BCUT2D eigenvalue weighted by Gasteiger charge is 2.21. The van der Waals surface area contributed by atoms with E-state index in [2.05, 4.69) is 35.9 Å². The molecule has 0 aliphatic rings. The lowest BCUT2D eigenvalue weighted by Gasteiger charge is -2.15. The summed E-state index contributed by atoms with van der Waals surface area (Å²) in [5.74, 6) is 1.17. The summed E-state index contributed by atoms with van der Waals surface area (Å²) in [6, 6.07) is 19.6. The summed E-state index contributed by atoms with van der Waals surface area (Å²) in [4.78, 5) is 20.6. The van der Waals surface area contributed by atoms with Crippen molar-refractivity contribution in [1.82, 2.24) is 9.97 Å². The van der Waals surface area contributed by atoms with Crippen LogP contribution in [0.3, 0.4) is 0 Å². The molecule has 3 N–H and O–H groups in total. The molecule has 1 amide bonds. The zero-order valence-corrected chi connectivity index (χ0v) is 20.7. The fourth-order valence-corrected chi connectivity index (χ4v) is 4.48. The Morgan fingerprint density at radius 3 is 2.44 bits per heavy atom. The highest BCUT2D eigenvalue weighted by Crippen LogP contribution is 2.30. The Morgan fingerprint density at radius 1 is 1.00 bits per heavy atom. The first-order valence-electron chi connectivity index (χ1n) is 10.1. The van der Waals surface area contributed by atoms with Crippen molar-refractivity contribution < 1.29 is 18.8 Å². The van der Waals surface area contributed by atoms with Crippen LogP contribution in [-0.4, -0.2) is 34.6 Å². The van der Waals surface area contributed by atoms with Crippen molar-refractivity contribution in [2.24, 2.45) is 0 Å². The van der Waals surface area contributed by atoms with E-state index in [0.717, 1.165) is 10.0 Å². The molecule has 1 atom stereocenters. The van der Waals surface area contributed by atoms with Crippen LogP contribution in [0.4, 0.5) is 11.4 Å². The van der Waals surface area contributed by atoms with Gasteiger partial charge in [0.05, 0.1) is 25.5 Å². The van der Waals surface area contributed by atoms with Crippen LogP contribution >= 0.6 is 15.9 Å². The maximum Gasteiger partial charge on any atom is 0.275 e. The van der Waals surface area contributed by atoms with Gasteiger partial charge >= 0.3 is 0 Å². The molecule has 0 saturated carbocycles. The first kappa shape index (κ1) is 23.7. The number of para-hydroxylation sites is 1. The summed E-state index contributed by atoms with van der Waals surface area (Å²) in [5.41, 5.74) is 2.07. The number of hydrogen-bond donors (Lipinski definition) is 3. The fourth-order valence-electron chi connectivity index (χ4n) is 3.19.